The lowest BCUT2D eigenvalue weighted by Crippen LogP contribution is -2.33. The molecular formula is C15H19N3O3S. The smallest absolute Gasteiger partial charge is 0.270 e. The molecule has 2 aromatic rings. The van der Waals surface area contributed by atoms with Crippen LogP contribution in [-0.4, -0.2) is 30.6 Å². The molecule has 0 saturated carbocycles. The number of nitrogens with two attached hydrogens (primary N) is 1. The molecule has 1 heterocycles. The second-order valence-electron chi connectivity index (χ2n) is 4.65. The number of nitrogens with zero attached hydrogens (tertiary/aromatic N) is 1. The lowest BCUT2D eigenvalue weighted by atomic mass is 10.3. The van der Waals surface area contributed by atoms with Gasteiger partial charge in [0.2, 0.25) is 0 Å². The zero-order chi connectivity index (χ0) is 15.9. The minimum atomic E-state index is -0.225. The van der Waals surface area contributed by atoms with Crippen molar-refractivity contribution in [3.05, 3.63) is 40.3 Å². The number of carbonyl (C=O) groups is 1. The van der Waals surface area contributed by atoms with Crippen molar-refractivity contribution in [2.45, 2.75) is 19.6 Å². The summed E-state index contributed by atoms with van der Waals surface area (Å²) in [5.41, 5.74) is 5.87. The Bertz CT molecular complexity index is 630. The predicted molar refractivity (Wildman–Crippen MR) is 85.4 cm³/mol. The molecule has 0 aliphatic heterocycles. The van der Waals surface area contributed by atoms with E-state index in [-0.39, 0.29) is 12.0 Å². The van der Waals surface area contributed by atoms with Crippen LogP contribution in [0.25, 0.3) is 0 Å². The first-order chi connectivity index (χ1) is 10.6. The maximum Gasteiger partial charge on any atom is 0.270 e. The number of aromatic nitrogens is 1. The fourth-order valence-corrected chi connectivity index (χ4v) is 2.44. The third kappa shape index (κ3) is 4.44. The normalized spacial score (nSPS) is 11.8. The van der Waals surface area contributed by atoms with Crippen molar-refractivity contribution in [2.24, 2.45) is 5.73 Å². The van der Waals surface area contributed by atoms with Gasteiger partial charge < -0.3 is 20.5 Å². The van der Waals surface area contributed by atoms with E-state index in [0.717, 1.165) is 10.8 Å². The van der Waals surface area contributed by atoms with E-state index >= 15 is 0 Å². The highest BCUT2D eigenvalue weighted by molar-refractivity contribution is 7.09. The molecule has 2 rings (SSSR count). The summed E-state index contributed by atoms with van der Waals surface area (Å²) < 4.78 is 10.9. The van der Waals surface area contributed by atoms with E-state index in [2.05, 4.69) is 10.3 Å². The molecule has 6 nitrogen and oxygen atoms in total. The lowest BCUT2D eigenvalue weighted by molar-refractivity contribution is 0.0927. The van der Waals surface area contributed by atoms with Crippen LogP contribution in [0.15, 0.2) is 29.6 Å². The molecule has 1 atom stereocenters. The summed E-state index contributed by atoms with van der Waals surface area (Å²) >= 11 is 1.38. The minimum absolute atomic E-state index is 0.177. The average molecular weight is 321 g/mol. The minimum Gasteiger partial charge on any atom is -0.497 e. The van der Waals surface area contributed by atoms with Crippen LogP contribution < -0.4 is 20.5 Å². The summed E-state index contributed by atoms with van der Waals surface area (Å²) in [7, 11) is 1.60. The largest absolute Gasteiger partial charge is 0.497 e. The Hall–Kier alpha value is -2.12. The summed E-state index contributed by atoms with van der Waals surface area (Å²) in [6.07, 6.45) is -0.177. The highest BCUT2D eigenvalue weighted by Gasteiger charge is 2.12. The lowest BCUT2D eigenvalue weighted by Gasteiger charge is -2.15. The number of thiazole rings is 1. The van der Waals surface area contributed by atoms with E-state index in [1.807, 2.05) is 25.1 Å². The summed E-state index contributed by atoms with van der Waals surface area (Å²) in [6.45, 7) is 2.60. The van der Waals surface area contributed by atoms with Crippen LogP contribution in [-0.2, 0) is 6.54 Å². The molecule has 1 aromatic carbocycles. The quantitative estimate of drug-likeness (QED) is 0.812. The van der Waals surface area contributed by atoms with Gasteiger partial charge in [0.15, 0.2) is 0 Å². The molecular weight excluding hydrogens is 302 g/mol. The van der Waals surface area contributed by atoms with E-state index in [9.17, 15) is 4.79 Å². The van der Waals surface area contributed by atoms with Gasteiger partial charge >= 0.3 is 0 Å². The van der Waals surface area contributed by atoms with Crippen molar-refractivity contribution in [1.82, 2.24) is 10.3 Å². The van der Waals surface area contributed by atoms with Gasteiger partial charge in [0.1, 0.15) is 28.3 Å². The molecule has 0 fully saturated rings. The topological polar surface area (TPSA) is 86.5 Å². The first-order valence-corrected chi connectivity index (χ1v) is 7.73. The molecule has 1 unspecified atom stereocenters. The first-order valence-electron chi connectivity index (χ1n) is 6.85. The van der Waals surface area contributed by atoms with Crippen molar-refractivity contribution in [2.75, 3.05) is 13.7 Å². The summed E-state index contributed by atoms with van der Waals surface area (Å²) in [4.78, 5) is 16.1. The number of hydrogen-bond acceptors (Lipinski definition) is 6. The van der Waals surface area contributed by atoms with Gasteiger partial charge in [-0.1, -0.05) is 6.07 Å². The van der Waals surface area contributed by atoms with Crippen LogP contribution >= 0.6 is 11.3 Å². The molecule has 118 valence electrons. The van der Waals surface area contributed by atoms with Gasteiger partial charge in [0.05, 0.1) is 13.7 Å². The van der Waals surface area contributed by atoms with Crippen molar-refractivity contribution >= 4 is 17.2 Å². The Morgan fingerprint density at radius 3 is 2.91 bits per heavy atom. The van der Waals surface area contributed by atoms with Gasteiger partial charge in [0, 0.05) is 18.0 Å². The molecule has 22 heavy (non-hydrogen) atoms. The Morgan fingerprint density at radius 1 is 1.45 bits per heavy atom. The van der Waals surface area contributed by atoms with E-state index in [1.54, 1.807) is 18.6 Å². The number of hydrogen-bond donors (Lipinski definition) is 2. The Balaban J connectivity index is 1.84. The van der Waals surface area contributed by atoms with Gasteiger partial charge in [-0.3, -0.25) is 4.79 Å². The van der Waals surface area contributed by atoms with Gasteiger partial charge in [-0.15, -0.1) is 11.3 Å². The monoisotopic (exact) mass is 321 g/mol. The second kappa shape index (κ2) is 7.77. The fraction of sp³-hybridized carbons (Fsp3) is 0.333. The van der Waals surface area contributed by atoms with Crippen LogP contribution in [0.3, 0.4) is 0 Å². The van der Waals surface area contributed by atoms with Crippen LogP contribution in [0.2, 0.25) is 0 Å². The highest BCUT2D eigenvalue weighted by atomic mass is 32.1. The van der Waals surface area contributed by atoms with E-state index in [1.165, 1.54) is 11.3 Å². The molecule has 7 heteroatoms. The maximum absolute atomic E-state index is 11.9. The van der Waals surface area contributed by atoms with Crippen molar-refractivity contribution in [1.29, 1.82) is 0 Å². The van der Waals surface area contributed by atoms with Crippen LogP contribution in [0, 0.1) is 0 Å². The number of carbonyl (C=O) groups excluding carboxylic acids is 1. The maximum atomic E-state index is 11.9. The van der Waals surface area contributed by atoms with Crippen molar-refractivity contribution < 1.29 is 14.3 Å². The highest BCUT2D eigenvalue weighted by Crippen LogP contribution is 2.19. The summed E-state index contributed by atoms with van der Waals surface area (Å²) in [5, 5.41) is 5.23. The molecule has 0 spiro atoms. The number of methoxy groups -OCH3 is 1. The van der Waals surface area contributed by atoms with Gasteiger partial charge in [-0.2, -0.15) is 0 Å². The Morgan fingerprint density at radius 2 is 2.23 bits per heavy atom. The molecule has 0 bridgehead atoms. The number of nitrogens with one attached hydrogen (secondary N) is 1. The Kier molecular flexibility index (Phi) is 5.74. The van der Waals surface area contributed by atoms with Crippen LogP contribution in [0.5, 0.6) is 11.5 Å². The van der Waals surface area contributed by atoms with Gasteiger partial charge in [-0.25, -0.2) is 4.98 Å². The third-order valence-electron chi connectivity index (χ3n) is 2.89. The zero-order valence-corrected chi connectivity index (χ0v) is 13.4. The molecule has 1 aromatic heterocycles. The number of benzene rings is 1. The average Bonchev–Trinajstić information content (AvgIpc) is 3.02. The summed E-state index contributed by atoms with van der Waals surface area (Å²) in [6, 6.07) is 7.33. The SMILES string of the molecule is COc1cccc(OC(C)CNC(=O)c2csc(CN)n2)c1. The van der Waals surface area contributed by atoms with Crippen molar-refractivity contribution in [3.63, 3.8) is 0 Å². The molecule has 0 aliphatic rings. The van der Waals surface area contributed by atoms with E-state index in [0.29, 0.717) is 24.5 Å². The molecule has 0 radical (unpaired) electrons. The number of amides is 1. The number of rotatable bonds is 7. The predicted octanol–water partition coefficient (Wildman–Crippen LogP) is 1.81. The van der Waals surface area contributed by atoms with E-state index in [4.69, 9.17) is 15.2 Å². The molecule has 1 amide bonds. The Labute approximate surface area is 133 Å². The first kappa shape index (κ1) is 16.3. The fourth-order valence-electron chi connectivity index (χ4n) is 1.78. The van der Waals surface area contributed by atoms with Crippen molar-refractivity contribution in [3.8, 4) is 11.5 Å². The molecule has 3 N–H and O–H groups in total. The third-order valence-corrected chi connectivity index (χ3v) is 3.76. The van der Waals surface area contributed by atoms with Gasteiger partial charge in [0.25, 0.3) is 5.91 Å². The van der Waals surface area contributed by atoms with Gasteiger partial charge in [-0.05, 0) is 19.1 Å². The summed E-state index contributed by atoms with van der Waals surface area (Å²) in [5.74, 6) is 1.20. The second-order valence-corrected chi connectivity index (χ2v) is 5.59. The van der Waals surface area contributed by atoms with Crippen LogP contribution in [0.4, 0.5) is 0 Å². The molecule has 0 aliphatic carbocycles. The van der Waals surface area contributed by atoms with E-state index < -0.39 is 0 Å². The molecule has 0 saturated heterocycles. The zero-order valence-electron chi connectivity index (χ0n) is 12.5. The standard InChI is InChI=1S/C15H19N3O3S/c1-10(21-12-5-3-4-11(6-12)20-2)8-17-15(19)13-9-22-14(7-16)18-13/h3-6,9-10H,7-8,16H2,1-2H3,(H,17,19). The van der Waals surface area contributed by atoms with Crippen LogP contribution in [0.1, 0.15) is 22.4 Å². The number of ether oxygens (including phenoxy) is 2.